The Hall–Kier alpha value is -1.41. The fraction of sp³-hybridized carbons (Fsp3) is 0.308. The molecular weight excluding hydrogens is 184 g/mol. The topological polar surface area (TPSA) is 38.4 Å². The largest absolute Gasteiger partial charge is 0.321 e. The molecule has 2 nitrogen and oxygen atoms in total. The first kappa shape index (κ1) is 10.1. The molecule has 1 heterocycles. The molecule has 0 spiro atoms. The number of allylic oxidation sites excluding steroid dienone is 1. The maximum Gasteiger partial charge on any atom is 0.0490 e. The summed E-state index contributed by atoms with van der Waals surface area (Å²) in [6.45, 7) is 3.99. The zero-order valence-electron chi connectivity index (χ0n) is 9.20. The normalized spacial score (nSPS) is 16.2. The molecule has 78 valence electrons. The van der Waals surface area contributed by atoms with Crippen molar-refractivity contribution in [2.75, 3.05) is 0 Å². The van der Waals surface area contributed by atoms with E-state index in [1.54, 1.807) is 0 Å². The van der Waals surface area contributed by atoms with Gasteiger partial charge in [-0.05, 0) is 25.0 Å². The Morgan fingerprint density at radius 1 is 1.20 bits per heavy atom. The van der Waals surface area contributed by atoms with E-state index in [0.29, 0.717) is 0 Å². The van der Waals surface area contributed by atoms with Gasteiger partial charge in [0.15, 0.2) is 0 Å². The third-order valence-electron chi connectivity index (χ3n) is 2.62. The summed E-state index contributed by atoms with van der Waals surface area (Å²) in [5, 5.41) is 0. The minimum absolute atomic E-state index is 0.312. The average Bonchev–Trinajstić information content (AvgIpc) is 2.67. The lowest BCUT2D eigenvalue weighted by Crippen LogP contribution is -2.40. The highest BCUT2D eigenvalue weighted by molar-refractivity contribution is 6.03. The fourth-order valence-electron chi connectivity index (χ4n) is 1.65. The second-order valence-corrected chi connectivity index (χ2v) is 4.49. The van der Waals surface area contributed by atoms with Crippen molar-refractivity contribution in [1.82, 2.24) is 0 Å². The van der Waals surface area contributed by atoms with Crippen molar-refractivity contribution < 1.29 is 0 Å². The molecule has 2 rings (SSSR count). The average molecular weight is 200 g/mol. The van der Waals surface area contributed by atoms with E-state index in [1.165, 1.54) is 11.1 Å². The fourth-order valence-corrected chi connectivity index (χ4v) is 1.65. The van der Waals surface area contributed by atoms with Crippen molar-refractivity contribution in [3.8, 4) is 0 Å². The summed E-state index contributed by atoms with van der Waals surface area (Å²) in [6, 6.07) is 10.3. The molecular formula is C13H16N2. The number of nitrogens with zero attached hydrogens (tertiary/aromatic N) is 1. The van der Waals surface area contributed by atoms with Gasteiger partial charge < -0.3 is 5.73 Å². The standard InChI is InChI=1S/C13H16N2/c1-13(2,14)12-8-11(9-15-12)10-6-4-3-5-7-10/h3-7,9H,8,14H2,1-2H3. The predicted octanol–water partition coefficient (Wildman–Crippen LogP) is 2.61. The Morgan fingerprint density at radius 3 is 2.40 bits per heavy atom. The smallest absolute Gasteiger partial charge is 0.0490 e. The van der Waals surface area contributed by atoms with Crippen LogP contribution in [0.2, 0.25) is 0 Å². The Morgan fingerprint density at radius 2 is 1.87 bits per heavy atom. The number of benzene rings is 1. The van der Waals surface area contributed by atoms with Crippen molar-refractivity contribution in [2.45, 2.75) is 25.8 Å². The summed E-state index contributed by atoms with van der Waals surface area (Å²) >= 11 is 0. The van der Waals surface area contributed by atoms with Crippen LogP contribution in [-0.2, 0) is 0 Å². The van der Waals surface area contributed by atoms with Crippen LogP contribution in [0.5, 0.6) is 0 Å². The highest BCUT2D eigenvalue weighted by Gasteiger charge is 2.23. The molecule has 0 saturated heterocycles. The molecule has 2 heteroatoms. The van der Waals surface area contributed by atoms with Crippen molar-refractivity contribution in [3.63, 3.8) is 0 Å². The van der Waals surface area contributed by atoms with Crippen molar-refractivity contribution in [1.29, 1.82) is 0 Å². The quantitative estimate of drug-likeness (QED) is 0.783. The second kappa shape index (κ2) is 3.63. The monoisotopic (exact) mass is 200 g/mol. The summed E-state index contributed by atoms with van der Waals surface area (Å²) in [4.78, 5) is 4.39. The third-order valence-corrected chi connectivity index (χ3v) is 2.62. The van der Waals surface area contributed by atoms with Crippen LogP contribution < -0.4 is 5.73 Å². The van der Waals surface area contributed by atoms with Crippen molar-refractivity contribution >= 4 is 11.3 Å². The van der Waals surface area contributed by atoms with Crippen LogP contribution in [0.4, 0.5) is 0 Å². The van der Waals surface area contributed by atoms with E-state index in [4.69, 9.17) is 5.73 Å². The maximum atomic E-state index is 6.02. The molecule has 0 bridgehead atoms. The second-order valence-electron chi connectivity index (χ2n) is 4.49. The summed E-state index contributed by atoms with van der Waals surface area (Å²) in [7, 11) is 0. The molecule has 1 aliphatic heterocycles. The van der Waals surface area contributed by atoms with Gasteiger partial charge in [-0.1, -0.05) is 30.3 Å². The van der Waals surface area contributed by atoms with Crippen LogP contribution >= 0.6 is 0 Å². The van der Waals surface area contributed by atoms with Gasteiger partial charge in [0.2, 0.25) is 0 Å². The molecule has 0 radical (unpaired) electrons. The molecule has 0 fully saturated rings. The molecule has 0 aliphatic carbocycles. The highest BCUT2D eigenvalue weighted by atomic mass is 14.8. The van der Waals surface area contributed by atoms with Gasteiger partial charge in [-0.3, -0.25) is 4.99 Å². The first-order valence-corrected chi connectivity index (χ1v) is 5.18. The van der Waals surface area contributed by atoms with E-state index in [0.717, 1.165) is 12.1 Å². The molecule has 0 saturated carbocycles. The molecule has 0 aromatic heterocycles. The van der Waals surface area contributed by atoms with Gasteiger partial charge in [0.1, 0.15) is 0 Å². The Bertz CT molecular complexity index is 408. The van der Waals surface area contributed by atoms with Gasteiger partial charge in [-0.25, -0.2) is 0 Å². The van der Waals surface area contributed by atoms with Gasteiger partial charge >= 0.3 is 0 Å². The summed E-state index contributed by atoms with van der Waals surface area (Å²) in [5.74, 6) is 0. The SMILES string of the molecule is CC(C)(N)C1=NC=C(c2ccccc2)C1. The third kappa shape index (κ3) is 2.16. The van der Waals surface area contributed by atoms with E-state index < -0.39 is 0 Å². The molecule has 0 unspecified atom stereocenters. The lowest BCUT2D eigenvalue weighted by Gasteiger charge is -2.19. The summed E-state index contributed by atoms with van der Waals surface area (Å²) in [6.07, 6.45) is 2.80. The number of hydrogen-bond donors (Lipinski definition) is 1. The highest BCUT2D eigenvalue weighted by Crippen LogP contribution is 2.26. The molecule has 2 N–H and O–H groups in total. The van der Waals surface area contributed by atoms with Crippen molar-refractivity contribution in [3.05, 3.63) is 42.1 Å². The zero-order valence-corrected chi connectivity index (χ0v) is 9.20. The molecule has 1 aliphatic rings. The van der Waals surface area contributed by atoms with E-state index in [-0.39, 0.29) is 5.54 Å². The number of rotatable bonds is 2. The predicted molar refractivity (Wildman–Crippen MR) is 64.7 cm³/mol. The maximum absolute atomic E-state index is 6.02. The lowest BCUT2D eigenvalue weighted by atomic mass is 9.93. The van der Waals surface area contributed by atoms with E-state index in [2.05, 4.69) is 17.1 Å². The molecule has 15 heavy (non-hydrogen) atoms. The van der Waals surface area contributed by atoms with Crippen LogP contribution in [0.15, 0.2) is 41.5 Å². The van der Waals surface area contributed by atoms with Crippen LogP contribution in [0, 0.1) is 0 Å². The van der Waals surface area contributed by atoms with Crippen LogP contribution in [0.1, 0.15) is 25.8 Å². The van der Waals surface area contributed by atoms with Gasteiger partial charge in [-0.15, -0.1) is 0 Å². The number of nitrogens with two attached hydrogens (primary N) is 1. The van der Waals surface area contributed by atoms with E-state index >= 15 is 0 Å². The Kier molecular flexibility index (Phi) is 2.45. The summed E-state index contributed by atoms with van der Waals surface area (Å²) in [5.41, 5.74) is 9.25. The number of aliphatic imine (C=N–C) groups is 1. The zero-order chi connectivity index (χ0) is 10.9. The first-order chi connectivity index (χ1) is 7.07. The summed E-state index contributed by atoms with van der Waals surface area (Å²) < 4.78 is 0. The molecule has 1 aromatic carbocycles. The first-order valence-electron chi connectivity index (χ1n) is 5.18. The van der Waals surface area contributed by atoms with E-state index in [1.807, 2.05) is 38.2 Å². The minimum atomic E-state index is -0.312. The molecule has 1 aromatic rings. The van der Waals surface area contributed by atoms with Gasteiger partial charge in [-0.2, -0.15) is 0 Å². The molecule has 0 amide bonds. The van der Waals surface area contributed by atoms with Crippen molar-refractivity contribution in [2.24, 2.45) is 10.7 Å². The Labute approximate surface area is 90.5 Å². The van der Waals surface area contributed by atoms with Gasteiger partial charge in [0.05, 0.1) is 0 Å². The Balaban J connectivity index is 2.15. The van der Waals surface area contributed by atoms with Gasteiger partial charge in [0, 0.05) is 23.9 Å². The number of hydrogen-bond acceptors (Lipinski definition) is 2. The van der Waals surface area contributed by atoms with E-state index in [9.17, 15) is 0 Å². The van der Waals surface area contributed by atoms with Crippen LogP contribution in [-0.4, -0.2) is 11.3 Å². The van der Waals surface area contributed by atoms with Crippen LogP contribution in [0.25, 0.3) is 5.57 Å². The van der Waals surface area contributed by atoms with Gasteiger partial charge in [0.25, 0.3) is 0 Å². The lowest BCUT2D eigenvalue weighted by molar-refractivity contribution is 0.692. The van der Waals surface area contributed by atoms with Crippen LogP contribution in [0.3, 0.4) is 0 Å². The minimum Gasteiger partial charge on any atom is -0.321 e. The molecule has 0 atom stereocenters.